The Labute approximate surface area is 149 Å². The fourth-order valence-electron chi connectivity index (χ4n) is 2.69. The average Bonchev–Trinajstić information content (AvgIpc) is 2.93. The molecule has 1 aromatic heterocycles. The number of nitrogens with two attached hydrogens (primary N) is 1. The monoisotopic (exact) mass is 360 g/mol. The number of rotatable bonds is 3. The lowest BCUT2D eigenvalue weighted by atomic mass is 10.3. The van der Waals surface area contributed by atoms with E-state index >= 15 is 0 Å². The molecule has 0 atom stereocenters. The highest BCUT2D eigenvalue weighted by molar-refractivity contribution is 5.96. The van der Waals surface area contributed by atoms with Crippen LogP contribution in [0.5, 0.6) is 5.75 Å². The van der Waals surface area contributed by atoms with E-state index < -0.39 is 0 Å². The normalized spacial score (nSPS) is 14.7. The number of hydrogen-bond acceptors (Lipinski definition) is 7. The second-order valence-corrected chi connectivity index (χ2v) is 5.79. The first kappa shape index (κ1) is 17.5. The van der Waals surface area contributed by atoms with Gasteiger partial charge in [0.25, 0.3) is 5.91 Å². The van der Waals surface area contributed by atoms with Gasteiger partial charge in [-0.05, 0) is 41.0 Å². The molecule has 1 aliphatic rings. The first-order valence-corrected chi connectivity index (χ1v) is 8.16. The lowest BCUT2D eigenvalue weighted by molar-refractivity contribution is 0.0752. The van der Waals surface area contributed by atoms with Crippen molar-refractivity contribution in [3.05, 3.63) is 30.0 Å². The highest BCUT2D eigenvalue weighted by Crippen LogP contribution is 2.16. The van der Waals surface area contributed by atoms with Crippen LogP contribution in [0, 0.1) is 0 Å². The largest absolute Gasteiger partial charge is 0.497 e. The Balaban J connectivity index is 1.58. The van der Waals surface area contributed by atoms with Crippen LogP contribution in [0.2, 0.25) is 0 Å². The molecule has 138 valence electrons. The number of hydrogen-bond donors (Lipinski definition) is 2. The molecular formula is C16H20N6O4. The van der Waals surface area contributed by atoms with Gasteiger partial charge in [0.15, 0.2) is 0 Å². The molecule has 26 heavy (non-hydrogen) atoms. The van der Waals surface area contributed by atoms with Crippen LogP contribution in [0.4, 0.5) is 16.3 Å². The SMILES string of the molecule is COc1ccc(NC(=O)N2CCCN(C(=O)c3nonc3N)CC2)cc1. The van der Waals surface area contributed by atoms with Gasteiger partial charge in [0.05, 0.1) is 7.11 Å². The molecule has 10 nitrogen and oxygen atoms in total. The predicted octanol–water partition coefficient (Wildman–Crippen LogP) is 1.04. The van der Waals surface area contributed by atoms with Gasteiger partial charge in [-0.2, -0.15) is 0 Å². The lowest BCUT2D eigenvalue weighted by Crippen LogP contribution is -2.39. The van der Waals surface area contributed by atoms with E-state index in [1.54, 1.807) is 41.2 Å². The summed E-state index contributed by atoms with van der Waals surface area (Å²) < 4.78 is 9.57. The maximum atomic E-state index is 12.5. The summed E-state index contributed by atoms with van der Waals surface area (Å²) in [7, 11) is 1.58. The summed E-state index contributed by atoms with van der Waals surface area (Å²) >= 11 is 0. The zero-order valence-corrected chi connectivity index (χ0v) is 14.3. The summed E-state index contributed by atoms with van der Waals surface area (Å²) in [6, 6.07) is 6.87. The van der Waals surface area contributed by atoms with Gasteiger partial charge >= 0.3 is 6.03 Å². The van der Waals surface area contributed by atoms with Gasteiger partial charge in [-0.15, -0.1) is 0 Å². The molecule has 3 amide bonds. The number of nitrogens with zero attached hydrogens (tertiary/aromatic N) is 4. The van der Waals surface area contributed by atoms with Crippen molar-refractivity contribution < 1.29 is 19.0 Å². The third-order valence-corrected chi connectivity index (χ3v) is 4.13. The number of ether oxygens (including phenoxy) is 1. The number of aromatic nitrogens is 2. The minimum atomic E-state index is -0.346. The summed E-state index contributed by atoms with van der Waals surface area (Å²) in [6.45, 7) is 1.82. The summed E-state index contributed by atoms with van der Waals surface area (Å²) in [5, 5.41) is 9.80. The maximum absolute atomic E-state index is 12.5. The highest BCUT2D eigenvalue weighted by atomic mass is 16.6. The van der Waals surface area contributed by atoms with E-state index in [1.807, 2.05) is 0 Å². The summed E-state index contributed by atoms with van der Waals surface area (Å²) in [5.41, 5.74) is 6.25. The second kappa shape index (κ2) is 7.72. The number of urea groups is 1. The number of nitrogen functional groups attached to an aromatic ring is 1. The van der Waals surface area contributed by atoms with Gasteiger partial charge in [0.2, 0.25) is 11.5 Å². The molecule has 3 N–H and O–H groups in total. The first-order chi connectivity index (χ1) is 12.6. The van der Waals surface area contributed by atoms with Gasteiger partial charge in [-0.25, -0.2) is 9.42 Å². The molecule has 0 radical (unpaired) electrons. The van der Waals surface area contributed by atoms with Crippen molar-refractivity contribution in [2.45, 2.75) is 6.42 Å². The number of anilines is 2. The Bertz CT molecular complexity index is 775. The van der Waals surface area contributed by atoms with Crippen LogP contribution >= 0.6 is 0 Å². The van der Waals surface area contributed by atoms with Crippen molar-refractivity contribution in [1.82, 2.24) is 20.1 Å². The van der Waals surface area contributed by atoms with Crippen LogP contribution in [0.15, 0.2) is 28.9 Å². The minimum absolute atomic E-state index is 0.00105. The van der Waals surface area contributed by atoms with E-state index in [9.17, 15) is 9.59 Å². The Hall–Kier alpha value is -3.30. The highest BCUT2D eigenvalue weighted by Gasteiger charge is 2.26. The van der Waals surface area contributed by atoms with E-state index in [0.29, 0.717) is 44.0 Å². The van der Waals surface area contributed by atoms with Gasteiger partial charge in [0.1, 0.15) is 5.75 Å². The molecule has 0 bridgehead atoms. The Morgan fingerprint density at radius 1 is 1.12 bits per heavy atom. The first-order valence-electron chi connectivity index (χ1n) is 8.16. The molecule has 1 saturated heterocycles. The Kier molecular flexibility index (Phi) is 5.20. The molecule has 3 rings (SSSR count). The van der Waals surface area contributed by atoms with E-state index in [1.165, 1.54) is 0 Å². The smallest absolute Gasteiger partial charge is 0.321 e. The average molecular weight is 360 g/mol. The number of carbonyl (C=O) groups excluding carboxylic acids is 2. The van der Waals surface area contributed by atoms with Gasteiger partial charge in [0, 0.05) is 31.9 Å². The van der Waals surface area contributed by atoms with Gasteiger partial charge < -0.3 is 25.6 Å². The van der Waals surface area contributed by atoms with E-state index in [0.717, 1.165) is 0 Å². The Morgan fingerprint density at radius 3 is 2.46 bits per heavy atom. The molecule has 0 unspecified atom stereocenters. The number of methoxy groups -OCH3 is 1. The molecule has 1 aromatic carbocycles. The standard InChI is InChI=1S/C16H20N6O4/c1-25-12-5-3-11(4-6-12)18-16(24)22-8-2-7-21(9-10-22)15(23)13-14(17)20-26-19-13/h3-6H,2,7-10H2,1H3,(H2,17,20)(H,18,24). The number of benzene rings is 1. The number of carbonyl (C=O) groups is 2. The quantitative estimate of drug-likeness (QED) is 0.837. The third kappa shape index (κ3) is 3.85. The zero-order chi connectivity index (χ0) is 18.5. The van der Waals surface area contributed by atoms with Crippen LogP contribution in [0.1, 0.15) is 16.9 Å². The maximum Gasteiger partial charge on any atom is 0.321 e. The van der Waals surface area contributed by atoms with Crippen LogP contribution in [-0.4, -0.2) is 65.3 Å². The minimum Gasteiger partial charge on any atom is -0.497 e. The van der Waals surface area contributed by atoms with Crippen LogP contribution < -0.4 is 15.8 Å². The summed E-state index contributed by atoms with van der Waals surface area (Å²) in [5.74, 6) is 0.336. The fraction of sp³-hybridized carbons (Fsp3) is 0.375. The van der Waals surface area contributed by atoms with Crippen LogP contribution in [-0.2, 0) is 0 Å². The number of amides is 3. The molecule has 1 aliphatic heterocycles. The van der Waals surface area contributed by atoms with Crippen molar-refractivity contribution in [1.29, 1.82) is 0 Å². The van der Waals surface area contributed by atoms with E-state index in [4.69, 9.17) is 10.5 Å². The number of nitrogens with one attached hydrogen (secondary N) is 1. The van der Waals surface area contributed by atoms with Crippen molar-refractivity contribution in [2.24, 2.45) is 0 Å². The molecule has 2 aromatic rings. The van der Waals surface area contributed by atoms with Crippen molar-refractivity contribution in [3.63, 3.8) is 0 Å². The van der Waals surface area contributed by atoms with Crippen molar-refractivity contribution in [3.8, 4) is 5.75 Å². The summed E-state index contributed by atoms with van der Waals surface area (Å²) in [4.78, 5) is 28.1. The molecular weight excluding hydrogens is 340 g/mol. The lowest BCUT2D eigenvalue weighted by Gasteiger charge is -2.22. The van der Waals surface area contributed by atoms with Crippen LogP contribution in [0.3, 0.4) is 0 Å². The van der Waals surface area contributed by atoms with E-state index in [-0.39, 0.29) is 23.5 Å². The third-order valence-electron chi connectivity index (χ3n) is 4.13. The fourth-order valence-corrected chi connectivity index (χ4v) is 2.69. The summed E-state index contributed by atoms with van der Waals surface area (Å²) in [6.07, 6.45) is 0.646. The van der Waals surface area contributed by atoms with Gasteiger partial charge in [-0.1, -0.05) is 0 Å². The van der Waals surface area contributed by atoms with Crippen molar-refractivity contribution >= 4 is 23.4 Å². The molecule has 2 heterocycles. The topological polar surface area (TPSA) is 127 Å². The molecule has 0 spiro atoms. The molecule has 0 saturated carbocycles. The Morgan fingerprint density at radius 2 is 1.81 bits per heavy atom. The van der Waals surface area contributed by atoms with Crippen molar-refractivity contribution in [2.75, 3.05) is 44.3 Å². The molecule has 10 heteroatoms. The second-order valence-electron chi connectivity index (χ2n) is 5.79. The zero-order valence-electron chi connectivity index (χ0n) is 14.3. The van der Waals surface area contributed by atoms with Crippen LogP contribution in [0.25, 0.3) is 0 Å². The van der Waals surface area contributed by atoms with E-state index in [2.05, 4.69) is 20.3 Å². The molecule has 1 fully saturated rings. The van der Waals surface area contributed by atoms with Gasteiger partial charge in [-0.3, -0.25) is 4.79 Å². The predicted molar refractivity (Wildman–Crippen MR) is 92.8 cm³/mol. The molecule has 0 aliphatic carbocycles.